The van der Waals surface area contributed by atoms with Crippen molar-refractivity contribution in [1.82, 2.24) is 14.3 Å². The van der Waals surface area contributed by atoms with Gasteiger partial charge in [0.1, 0.15) is 12.0 Å². The molecule has 0 saturated carbocycles. The first-order chi connectivity index (χ1) is 24.8. The maximum absolute atomic E-state index is 5.26. The van der Waals surface area contributed by atoms with Gasteiger partial charge in [-0.05, 0) is 51.9 Å². The minimum absolute atomic E-state index is 0.188. The molecule has 0 fully saturated rings. The number of aliphatic imine (C=N–C) groups is 1. The van der Waals surface area contributed by atoms with Gasteiger partial charge in [0.05, 0.1) is 33.3 Å². The summed E-state index contributed by atoms with van der Waals surface area (Å²) in [7, 11) is 0. The monoisotopic (exact) mass is 636 g/mol. The molecule has 50 heavy (non-hydrogen) atoms. The first kappa shape index (κ1) is 26.3. The zero-order valence-electron chi connectivity index (χ0n) is 26.9. The van der Waals surface area contributed by atoms with Crippen LogP contribution >= 0.6 is 0 Å². The van der Waals surface area contributed by atoms with Gasteiger partial charge in [-0.1, -0.05) is 127 Å². The molecule has 11 aromatic rings. The Labute approximate surface area is 286 Å². The summed E-state index contributed by atoms with van der Waals surface area (Å²) in [6, 6.07) is 57.4. The van der Waals surface area contributed by atoms with E-state index >= 15 is 0 Å². The van der Waals surface area contributed by atoms with Gasteiger partial charge in [-0.15, -0.1) is 0 Å². The van der Waals surface area contributed by atoms with Crippen LogP contribution in [0.2, 0.25) is 0 Å². The fourth-order valence-electron chi connectivity index (χ4n) is 9.04. The van der Waals surface area contributed by atoms with Crippen molar-refractivity contribution in [3.63, 3.8) is 0 Å². The number of para-hydroxylation sites is 3. The average Bonchev–Trinajstić information content (AvgIpc) is 3.82. The van der Waals surface area contributed by atoms with Gasteiger partial charge < -0.3 is 14.3 Å². The SMILES string of the molecule is c1ccc2c(c1)N=C(c1cccc3ccccc13)NC2n1c2ccccc2c2c3c4ccccc4n4c5ccc6ccccc6c5c(cc21)c34. The second-order valence-corrected chi connectivity index (χ2v) is 13.6. The van der Waals surface area contributed by atoms with Crippen molar-refractivity contribution in [1.29, 1.82) is 0 Å². The van der Waals surface area contributed by atoms with Crippen molar-refractivity contribution in [3.8, 4) is 0 Å². The van der Waals surface area contributed by atoms with Crippen LogP contribution in [-0.2, 0) is 0 Å². The van der Waals surface area contributed by atoms with Gasteiger partial charge in [0.2, 0.25) is 0 Å². The Hall–Kier alpha value is -6.65. The largest absolute Gasteiger partial charge is 0.345 e. The lowest BCUT2D eigenvalue weighted by molar-refractivity contribution is 0.578. The molecule has 1 N–H and O–H groups in total. The number of hydrogen-bond acceptors (Lipinski definition) is 2. The van der Waals surface area contributed by atoms with E-state index in [1.807, 2.05) is 0 Å². The van der Waals surface area contributed by atoms with Crippen LogP contribution in [0.25, 0.3) is 81.4 Å². The molecule has 3 aromatic heterocycles. The molecular weight excluding hydrogens is 609 g/mol. The molecule has 0 saturated heterocycles. The van der Waals surface area contributed by atoms with Crippen LogP contribution in [0.5, 0.6) is 0 Å². The summed E-state index contributed by atoms with van der Waals surface area (Å²) in [5.74, 6) is 0.884. The summed E-state index contributed by atoms with van der Waals surface area (Å²) in [6.45, 7) is 0. The standard InChI is InChI=1S/C46H28N4/c1-3-15-29-27(12-1)14-11-20-31(29)45-47-36-21-8-5-17-32(36)46(48-45)50-38-23-10-6-18-33(38)42-40(50)26-35-41-30-16-4-2-13-28(30)24-25-39(41)49-37-22-9-7-19-34(37)43(42)44(35)49/h1-26,46H,(H,47,48). The minimum atomic E-state index is -0.188. The fourth-order valence-corrected chi connectivity index (χ4v) is 9.04. The van der Waals surface area contributed by atoms with Crippen LogP contribution < -0.4 is 5.32 Å². The summed E-state index contributed by atoms with van der Waals surface area (Å²) in [6.07, 6.45) is -0.188. The third-order valence-corrected chi connectivity index (χ3v) is 11.1. The van der Waals surface area contributed by atoms with E-state index in [1.165, 1.54) is 81.4 Å². The third-order valence-electron chi connectivity index (χ3n) is 11.1. The summed E-state index contributed by atoms with van der Waals surface area (Å²) >= 11 is 0. The quantitative estimate of drug-likeness (QED) is 0.201. The molecule has 0 amide bonds. The second-order valence-electron chi connectivity index (χ2n) is 13.6. The molecule has 8 aromatic carbocycles. The smallest absolute Gasteiger partial charge is 0.136 e. The highest BCUT2D eigenvalue weighted by Crippen LogP contribution is 2.48. The zero-order chi connectivity index (χ0) is 32.5. The molecule has 0 bridgehead atoms. The van der Waals surface area contributed by atoms with E-state index in [2.05, 4.69) is 172 Å². The summed E-state index contributed by atoms with van der Waals surface area (Å²) < 4.78 is 5.04. The normalized spacial score (nSPS) is 14.9. The number of benzene rings is 8. The molecule has 4 heteroatoms. The van der Waals surface area contributed by atoms with Crippen molar-refractivity contribution in [3.05, 3.63) is 169 Å². The Kier molecular flexibility index (Phi) is 5.00. The van der Waals surface area contributed by atoms with Crippen molar-refractivity contribution in [2.45, 2.75) is 6.17 Å². The Balaban J connectivity index is 1.25. The minimum Gasteiger partial charge on any atom is -0.345 e. The molecule has 12 rings (SSSR count). The first-order valence-corrected chi connectivity index (χ1v) is 17.3. The lowest BCUT2D eigenvalue weighted by atomic mass is 9.99. The number of fused-ring (bicyclic) bond motifs is 14. The van der Waals surface area contributed by atoms with E-state index in [-0.39, 0.29) is 6.17 Å². The Morgan fingerprint density at radius 2 is 1.12 bits per heavy atom. The highest BCUT2D eigenvalue weighted by atomic mass is 15.2. The molecule has 232 valence electrons. The summed E-state index contributed by atoms with van der Waals surface area (Å²) in [4.78, 5) is 5.26. The molecule has 4 heterocycles. The van der Waals surface area contributed by atoms with Crippen LogP contribution in [0.3, 0.4) is 0 Å². The third kappa shape index (κ3) is 3.28. The van der Waals surface area contributed by atoms with E-state index in [1.54, 1.807) is 0 Å². The van der Waals surface area contributed by atoms with Crippen LogP contribution in [0.15, 0.2) is 163 Å². The molecule has 1 atom stereocenters. The predicted octanol–water partition coefficient (Wildman–Crippen LogP) is 11.5. The zero-order valence-corrected chi connectivity index (χ0v) is 26.9. The number of amidine groups is 1. The molecular formula is C46H28N4. The van der Waals surface area contributed by atoms with E-state index in [0.717, 1.165) is 22.6 Å². The highest BCUT2D eigenvalue weighted by molar-refractivity contribution is 6.37. The first-order valence-electron chi connectivity index (χ1n) is 17.3. The second kappa shape index (κ2) is 9.49. The van der Waals surface area contributed by atoms with Gasteiger partial charge in [-0.3, -0.25) is 0 Å². The maximum atomic E-state index is 5.26. The van der Waals surface area contributed by atoms with Crippen molar-refractivity contribution < 1.29 is 0 Å². The average molecular weight is 637 g/mol. The van der Waals surface area contributed by atoms with Gasteiger partial charge in [0.25, 0.3) is 0 Å². The fraction of sp³-hybridized carbons (Fsp3) is 0.0217. The van der Waals surface area contributed by atoms with Crippen LogP contribution in [0, 0.1) is 0 Å². The van der Waals surface area contributed by atoms with Gasteiger partial charge in [-0.25, -0.2) is 4.99 Å². The Morgan fingerprint density at radius 3 is 1.98 bits per heavy atom. The van der Waals surface area contributed by atoms with E-state index in [9.17, 15) is 0 Å². The van der Waals surface area contributed by atoms with Crippen LogP contribution in [0.1, 0.15) is 17.3 Å². The Morgan fingerprint density at radius 1 is 0.460 bits per heavy atom. The summed E-state index contributed by atoms with van der Waals surface area (Å²) in [5, 5.41) is 16.7. The number of hydrogen-bond donors (Lipinski definition) is 1. The highest BCUT2D eigenvalue weighted by Gasteiger charge is 2.30. The molecule has 0 aliphatic carbocycles. The van der Waals surface area contributed by atoms with Crippen LogP contribution in [0.4, 0.5) is 5.69 Å². The molecule has 0 radical (unpaired) electrons. The van der Waals surface area contributed by atoms with Crippen molar-refractivity contribution >= 4 is 93.0 Å². The van der Waals surface area contributed by atoms with E-state index in [0.29, 0.717) is 0 Å². The molecule has 1 aliphatic heterocycles. The maximum Gasteiger partial charge on any atom is 0.136 e. The number of nitrogens with one attached hydrogen (secondary N) is 1. The molecule has 1 aliphatic rings. The van der Waals surface area contributed by atoms with Crippen molar-refractivity contribution in [2.75, 3.05) is 0 Å². The molecule has 1 unspecified atom stereocenters. The number of nitrogens with zero attached hydrogens (tertiary/aromatic N) is 3. The lowest BCUT2D eigenvalue weighted by Crippen LogP contribution is -2.36. The van der Waals surface area contributed by atoms with E-state index < -0.39 is 0 Å². The number of aromatic nitrogens is 2. The predicted molar refractivity (Wildman–Crippen MR) is 209 cm³/mol. The Bertz CT molecular complexity index is 3240. The van der Waals surface area contributed by atoms with Gasteiger partial charge >= 0.3 is 0 Å². The van der Waals surface area contributed by atoms with Gasteiger partial charge in [0.15, 0.2) is 0 Å². The van der Waals surface area contributed by atoms with Crippen LogP contribution in [-0.4, -0.2) is 14.8 Å². The summed E-state index contributed by atoms with van der Waals surface area (Å²) in [5.41, 5.74) is 9.45. The molecule has 0 spiro atoms. The number of rotatable bonds is 2. The van der Waals surface area contributed by atoms with E-state index in [4.69, 9.17) is 4.99 Å². The van der Waals surface area contributed by atoms with Gasteiger partial charge in [0, 0.05) is 43.4 Å². The van der Waals surface area contributed by atoms with Gasteiger partial charge in [-0.2, -0.15) is 0 Å². The van der Waals surface area contributed by atoms with Crippen molar-refractivity contribution in [2.24, 2.45) is 4.99 Å². The topological polar surface area (TPSA) is 33.7 Å². The lowest BCUT2D eigenvalue weighted by Gasteiger charge is -2.30. The molecule has 4 nitrogen and oxygen atoms in total.